The Morgan fingerprint density at radius 2 is 1.72 bits per heavy atom. The van der Waals surface area contributed by atoms with Gasteiger partial charge in [0.2, 0.25) is 11.8 Å². The Morgan fingerprint density at radius 3 is 2.31 bits per heavy atom. The summed E-state index contributed by atoms with van der Waals surface area (Å²) in [4.78, 5) is 35.7. The van der Waals surface area contributed by atoms with Gasteiger partial charge in [-0.05, 0) is 56.3 Å². The SMILES string of the molecule is C/C(=C\C(=O)Nc1ccc(S[C@H](C)C(=O)Nc2ccc(Cl)cc2Cl)cc1)C(=O)O. The molecule has 0 radical (unpaired) electrons. The van der Waals surface area contributed by atoms with Crippen molar-refractivity contribution in [3.63, 3.8) is 0 Å². The number of anilines is 2. The largest absolute Gasteiger partial charge is 0.478 e. The van der Waals surface area contributed by atoms with Gasteiger partial charge < -0.3 is 15.7 Å². The van der Waals surface area contributed by atoms with Crippen molar-refractivity contribution >= 4 is 64.1 Å². The number of benzene rings is 2. The van der Waals surface area contributed by atoms with Gasteiger partial charge in [-0.2, -0.15) is 0 Å². The van der Waals surface area contributed by atoms with E-state index >= 15 is 0 Å². The Labute approximate surface area is 182 Å². The van der Waals surface area contributed by atoms with Crippen LogP contribution < -0.4 is 10.6 Å². The van der Waals surface area contributed by atoms with Crippen LogP contribution in [0.3, 0.4) is 0 Å². The molecule has 0 aliphatic heterocycles. The molecule has 0 aliphatic carbocycles. The average Bonchev–Trinajstić information content (AvgIpc) is 2.65. The predicted molar refractivity (Wildman–Crippen MR) is 117 cm³/mol. The van der Waals surface area contributed by atoms with Gasteiger partial charge in [0, 0.05) is 27.3 Å². The number of carbonyl (C=O) groups excluding carboxylic acids is 2. The maximum absolute atomic E-state index is 12.4. The smallest absolute Gasteiger partial charge is 0.331 e. The molecule has 29 heavy (non-hydrogen) atoms. The third kappa shape index (κ3) is 7.12. The first kappa shape index (κ1) is 22.8. The lowest BCUT2D eigenvalue weighted by Crippen LogP contribution is -2.22. The second kappa shape index (κ2) is 10.3. The topological polar surface area (TPSA) is 95.5 Å². The molecular weight excluding hydrogens is 435 g/mol. The van der Waals surface area contributed by atoms with E-state index in [-0.39, 0.29) is 11.5 Å². The van der Waals surface area contributed by atoms with Gasteiger partial charge in [-0.25, -0.2) is 4.79 Å². The number of carbonyl (C=O) groups is 3. The molecule has 0 saturated carbocycles. The minimum Gasteiger partial charge on any atom is -0.478 e. The molecular formula is C20H18Cl2N2O4S. The first-order valence-corrected chi connectivity index (χ1v) is 10.0. The highest BCUT2D eigenvalue weighted by Gasteiger charge is 2.16. The molecule has 6 nitrogen and oxygen atoms in total. The normalized spacial score (nSPS) is 12.2. The molecule has 2 aromatic carbocycles. The number of thioether (sulfide) groups is 1. The summed E-state index contributed by atoms with van der Waals surface area (Å²) in [6.45, 7) is 3.10. The molecule has 2 amide bonds. The molecule has 0 aromatic heterocycles. The van der Waals surface area contributed by atoms with E-state index in [1.165, 1.54) is 18.7 Å². The molecule has 9 heteroatoms. The number of amides is 2. The Hall–Kier alpha value is -2.48. The third-order valence-electron chi connectivity index (χ3n) is 3.68. The van der Waals surface area contributed by atoms with Crippen molar-refractivity contribution in [2.24, 2.45) is 0 Å². The summed E-state index contributed by atoms with van der Waals surface area (Å²) >= 11 is 13.3. The van der Waals surface area contributed by atoms with Gasteiger partial charge in [0.15, 0.2) is 0 Å². The van der Waals surface area contributed by atoms with E-state index in [9.17, 15) is 14.4 Å². The monoisotopic (exact) mass is 452 g/mol. The van der Waals surface area contributed by atoms with Crippen molar-refractivity contribution in [3.8, 4) is 0 Å². The number of rotatable bonds is 7. The minimum atomic E-state index is -1.15. The van der Waals surface area contributed by atoms with E-state index in [4.69, 9.17) is 28.3 Å². The van der Waals surface area contributed by atoms with Crippen molar-refractivity contribution in [3.05, 3.63) is 64.2 Å². The molecule has 152 valence electrons. The first-order chi connectivity index (χ1) is 13.7. The summed E-state index contributed by atoms with van der Waals surface area (Å²) in [7, 11) is 0. The Balaban J connectivity index is 1.94. The van der Waals surface area contributed by atoms with Gasteiger partial charge >= 0.3 is 5.97 Å². The summed E-state index contributed by atoms with van der Waals surface area (Å²) in [5.74, 6) is -1.90. The van der Waals surface area contributed by atoms with E-state index in [0.717, 1.165) is 11.0 Å². The molecule has 0 unspecified atom stereocenters. The van der Waals surface area contributed by atoms with Gasteiger partial charge in [-0.1, -0.05) is 23.2 Å². The van der Waals surface area contributed by atoms with Crippen LogP contribution >= 0.6 is 35.0 Å². The summed E-state index contributed by atoms with van der Waals surface area (Å²) in [5.41, 5.74) is 0.936. The van der Waals surface area contributed by atoms with Gasteiger partial charge in [0.05, 0.1) is 16.0 Å². The molecule has 0 fully saturated rings. The molecule has 2 aromatic rings. The number of hydrogen-bond donors (Lipinski definition) is 3. The van der Waals surface area contributed by atoms with Crippen molar-refractivity contribution in [2.45, 2.75) is 24.0 Å². The van der Waals surface area contributed by atoms with E-state index in [1.54, 1.807) is 49.4 Å². The van der Waals surface area contributed by atoms with E-state index < -0.39 is 17.1 Å². The second-order valence-corrected chi connectivity index (χ2v) is 8.28. The fraction of sp³-hybridized carbons (Fsp3) is 0.150. The molecule has 0 aliphatic rings. The van der Waals surface area contributed by atoms with Crippen molar-refractivity contribution < 1.29 is 19.5 Å². The standard InChI is InChI=1S/C20H18Cl2N2O4S/c1-11(20(27)28)9-18(25)23-14-4-6-15(7-5-14)29-12(2)19(26)24-17-8-3-13(21)10-16(17)22/h3-10,12H,1-2H3,(H,23,25)(H,24,26)(H,27,28)/b11-9+/t12-/m1/s1. The van der Waals surface area contributed by atoms with Crippen LogP contribution in [-0.2, 0) is 14.4 Å². The molecule has 0 saturated heterocycles. The van der Waals surface area contributed by atoms with Crippen molar-refractivity contribution in [2.75, 3.05) is 10.6 Å². The summed E-state index contributed by atoms with van der Waals surface area (Å²) < 4.78 is 0. The van der Waals surface area contributed by atoms with Crippen LogP contribution in [0.25, 0.3) is 0 Å². The maximum atomic E-state index is 12.4. The van der Waals surface area contributed by atoms with Crippen LogP contribution in [0, 0.1) is 0 Å². The number of carboxylic acid groups (broad SMARTS) is 1. The predicted octanol–water partition coefficient (Wildman–Crippen LogP) is 5.08. The highest BCUT2D eigenvalue weighted by atomic mass is 35.5. The van der Waals surface area contributed by atoms with Crippen LogP contribution in [0.2, 0.25) is 10.0 Å². The molecule has 0 spiro atoms. The van der Waals surface area contributed by atoms with Crippen LogP contribution in [-0.4, -0.2) is 28.1 Å². The molecule has 0 bridgehead atoms. The van der Waals surface area contributed by atoms with Crippen LogP contribution in [0.15, 0.2) is 59.0 Å². The lowest BCUT2D eigenvalue weighted by atomic mass is 10.2. The number of nitrogens with one attached hydrogen (secondary N) is 2. The number of hydrogen-bond acceptors (Lipinski definition) is 4. The lowest BCUT2D eigenvalue weighted by molar-refractivity contribution is -0.132. The number of halogens is 2. The minimum absolute atomic E-state index is 0.0599. The fourth-order valence-corrected chi connectivity index (χ4v) is 3.46. The van der Waals surface area contributed by atoms with E-state index in [2.05, 4.69) is 10.6 Å². The second-order valence-electron chi connectivity index (χ2n) is 6.02. The highest BCUT2D eigenvalue weighted by molar-refractivity contribution is 8.00. The molecule has 3 N–H and O–H groups in total. The summed E-state index contributed by atoms with van der Waals surface area (Å²) in [6.07, 6.45) is 1.01. The van der Waals surface area contributed by atoms with Crippen LogP contribution in [0.1, 0.15) is 13.8 Å². The zero-order chi connectivity index (χ0) is 21.6. The number of carboxylic acids is 1. The third-order valence-corrected chi connectivity index (χ3v) is 5.34. The van der Waals surface area contributed by atoms with Gasteiger partial charge in [-0.15, -0.1) is 11.8 Å². The highest BCUT2D eigenvalue weighted by Crippen LogP contribution is 2.28. The quantitative estimate of drug-likeness (QED) is 0.401. The number of aliphatic carboxylic acids is 1. The zero-order valence-electron chi connectivity index (χ0n) is 15.5. The Morgan fingerprint density at radius 1 is 1.07 bits per heavy atom. The Kier molecular flexibility index (Phi) is 8.13. The average molecular weight is 453 g/mol. The summed E-state index contributed by atoms with van der Waals surface area (Å²) in [6, 6.07) is 11.7. The molecule has 2 rings (SSSR count). The van der Waals surface area contributed by atoms with E-state index in [1.807, 2.05) is 0 Å². The summed E-state index contributed by atoms with van der Waals surface area (Å²) in [5, 5.41) is 14.6. The van der Waals surface area contributed by atoms with Crippen molar-refractivity contribution in [1.82, 2.24) is 0 Å². The fourth-order valence-electron chi connectivity index (χ4n) is 2.14. The van der Waals surface area contributed by atoms with Crippen LogP contribution in [0.5, 0.6) is 0 Å². The van der Waals surface area contributed by atoms with Gasteiger partial charge in [0.25, 0.3) is 0 Å². The van der Waals surface area contributed by atoms with Gasteiger partial charge in [-0.3, -0.25) is 9.59 Å². The zero-order valence-corrected chi connectivity index (χ0v) is 17.9. The van der Waals surface area contributed by atoms with Gasteiger partial charge in [0.1, 0.15) is 0 Å². The van der Waals surface area contributed by atoms with Crippen molar-refractivity contribution in [1.29, 1.82) is 0 Å². The Bertz CT molecular complexity index is 961. The maximum Gasteiger partial charge on any atom is 0.331 e. The lowest BCUT2D eigenvalue weighted by Gasteiger charge is -2.13. The van der Waals surface area contributed by atoms with Crippen LogP contribution in [0.4, 0.5) is 11.4 Å². The van der Waals surface area contributed by atoms with E-state index in [0.29, 0.717) is 21.4 Å². The first-order valence-electron chi connectivity index (χ1n) is 8.41. The molecule has 1 atom stereocenters. The molecule has 0 heterocycles.